The molecule has 5 nitrogen and oxygen atoms in total. The van der Waals surface area contributed by atoms with Gasteiger partial charge in [0.1, 0.15) is 0 Å². The van der Waals surface area contributed by atoms with E-state index in [9.17, 15) is 14.4 Å². The van der Waals surface area contributed by atoms with Crippen LogP contribution in [0.15, 0.2) is 24.3 Å². The van der Waals surface area contributed by atoms with Gasteiger partial charge in [0.2, 0.25) is 0 Å². The summed E-state index contributed by atoms with van der Waals surface area (Å²) in [7, 11) is 0. The second-order valence-corrected chi connectivity index (χ2v) is 4.38. The molecule has 0 saturated carbocycles. The highest BCUT2D eigenvalue weighted by molar-refractivity contribution is 6.21. The number of fused-ring (bicyclic) bond motifs is 1. The molecule has 1 atom stereocenters. The van der Waals surface area contributed by atoms with E-state index < -0.39 is 12.0 Å². The summed E-state index contributed by atoms with van der Waals surface area (Å²) >= 11 is 0. The molecule has 0 fully saturated rings. The molecule has 0 bridgehead atoms. The number of imide groups is 1. The van der Waals surface area contributed by atoms with Gasteiger partial charge in [0, 0.05) is 6.04 Å². The van der Waals surface area contributed by atoms with Gasteiger partial charge in [-0.25, -0.2) is 0 Å². The highest BCUT2D eigenvalue weighted by atomic mass is 16.5. The maximum atomic E-state index is 12.1. The lowest BCUT2D eigenvalue weighted by Crippen LogP contribution is -2.39. The van der Waals surface area contributed by atoms with E-state index in [0.717, 1.165) is 4.90 Å². The van der Waals surface area contributed by atoms with Crippen LogP contribution in [-0.4, -0.2) is 35.3 Å². The number of hydrogen-bond acceptors (Lipinski definition) is 4. The maximum absolute atomic E-state index is 12.1. The van der Waals surface area contributed by atoms with Crippen LogP contribution in [0.4, 0.5) is 0 Å². The van der Waals surface area contributed by atoms with Crippen molar-refractivity contribution in [3.05, 3.63) is 35.4 Å². The molecule has 1 aliphatic rings. The standard InChI is InChI=1S/C14H15NO4/c1-3-19-12(16)8-9(2)15-13(17)10-6-4-5-7-11(10)14(15)18/h4-7,9H,3,8H2,1-2H3. The first-order valence-electron chi connectivity index (χ1n) is 6.18. The molecule has 19 heavy (non-hydrogen) atoms. The van der Waals surface area contributed by atoms with Gasteiger partial charge in [-0.2, -0.15) is 0 Å². The van der Waals surface area contributed by atoms with Crippen molar-refractivity contribution in [2.45, 2.75) is 26.3 Å². The average molecular weight is 261 g/mol. The Hall–Kier alpha value is -2.17. The molecule has 100 valence electrons. The smallest absolute Gasteiger partial charge is 0.307 e. The second-order valence-electron chi connectivity index (χ2n) is 4.38. The molecule has 0 aliphatic carbocycles. The third-order valence-corrected chi connectivity index (χ3v) is 3.03. The summed E-state index contributed by atoms with van der Waals surface area (Å²) in [5, 5.41) is 0. The van der Waals surface area contributed by atoms with Crippen molar-refractivity contribution in [3.8, 4) is 0 Å². The monoisotopic (exact) mass is 261 g/mol. The zero-order valence-electron chi connectivity index (χ0n) is 10.9. The summed E-state index contributed by atoms with van der Waals surface area (Å²) in [4.78, 5) is 36.8. The Bertz CT molecular complexity index is 503. The van der Waals surface area contributed by atoms with Crippen LogP contribution in [0, 0.1) is 0 Å². The Kier molecular flexibility index (Phi) is 3.64. The molecule has 0 aromatic heterocycles. The Morgan fingerprint density at radius 3 is 2.21 bits per heavy atom. The summed E-state index contributed by atoms with van der Waals surface area (Å²) < 4.78 is 4.83. The quantitative estimate of drug-likeness (QED) is 0.610. The summed E-state index contributed by atoms with van der Waals surface area (Å²) in [6.45, 7) is 3.66. The van der Waals surface area contributed by atoms with E-state index in [1.54, 1.807) is 38.1 Å². The van der Waals surface area contributed by atoms with Gasteiger partial charge in [0.25, 0.3) is 11.8 Å². The van der Waals surface area contributed by atoms with Crippen LogP contribution < -0.4 is 0 Å². The highest BCUT2D eigenvalue weighted by Crippen LogP contribution is 2.25. The first-order valence-corrected chi connectivity index (χ1v) is 6.18. The number of carbonyl (C=O) groups is 3. The molecule has 1 unspecified atom stereocenters. The topological polar surface area (TPSA) is 63.7 Å². The highest BCUT2D eigenvalue weighted by Gasteiger charge is 2.38. The zero-order valence-corrected chi connectivity index (χ0v) is 10.9. The van der Waals surface area contributed by atoms with E-state index in [1.165, 1.54) is 0 Å². The van der Waals surface area contributed by atoms with E-state index in [0.29, 0.717) is 11.1 Å². The van der Waals surface area contributed by atoms with E-state index in [4.69, 9.17) is 4.74 Å². The molecule has 1 heterocycles. The molecule has 0 saturated heterocycles. The number of ether oxygens (including phenoxy) is 1. The summed E-state index contributed by atoms with van der Waals surface area (Å²) in [5.74, 6) is -1.11. The van der Waals surface area contributed by atoms with E-state index in [2.05, 4.69) is 0 Å². The van der Waals surface area contributed by atoms with Crippen LogP contribution in [0.2, 0.25) is 0 Å². The van der Waals surface area contributed by atoms with Crippen molar-refractivity contribution in [2.75, 3.05) is 6.61 Å². The predicted octanol–water partition coefficient (Wildman–Crippen LogP) is 1.62. The van der Waals surface area contributed by atoms with E-state index in [1.807, 2.05) is 0 Å². The maximum Gasteiger partial charge on any atom is 0.307 e. The van der Waals surface area contributed by atoms with E-state index >= 15 is 0 Å². The van der Waals surface area contributed by atoms with Gasteiger partial charge in [-0.3, -0.25) is 19.3 Å². The molecule has 0 spiro atoms. The fourth-order valence-corrected chi connectivity index (χ4v) is 2.16. The van der Waals surface area contributed by atoms with Gasteiger partial charge < -0.3 is 4.74 Å². The Labute approximate surface area is 111 Å². The van der Waals surface area contributed by atoms with Gasteiger partial charge >= 0.3 is 5.97 Å². The van der Waals surface area contributed by atoms with Crippen molar-refractivity contribution in [2.24, 2.45) is 0 Å². The third kappa shape index (κ3) is 2.36. The summed E-state index contributed by atoms with van der Waals surface area (Å²) in [5.41, 5.74) is 0.784. The van der Waals surface area contributed by atoms with Crippen LogP contribution in [0.1, 0.15) is 41.0 Å². The predicted molar refractivity (Wildman–Crippen MR) is 67.7 cm³/mol. The van der Waals surface area contributed by atoms with Crippen LogP contribution >= 0.6 is 0 Å². The van der Waals surface area contributed by atoms with Crippen molar-refractivity contribution >= 4 is 17.8 Å². The Balaban J connectivity index is 2.17. The van der Waals surface area contributed by atoms with Gasteiger partial charge in [0.05, 0.1) is 24.2 Å². The SMILES string of the molecule is CCOC(=O)CC(C)N1C(=O)c2ccccc2C1=O. The lowest BCUT2D eigenvalue weighted by molar-refractivity contribution is -0.143. The fraction of sp³-hybridized carbons (Fsp3) is 0.357. The van der Waals surface area contributed by atoms with Gasteiger partial charge in [-0.1, -0.05) is 12.1 Å². The van der Waals surface area contributed by atoms with Crippen LogP contribution in [-0.2, 0) is 9.53 Å². The average Bonchev–Trinajstić information content (AvgIpc) is 2.63. The van der Waals surface area contributed by atoms with Crippen LogP contribution in [0.5, 0.6) is 0 Å². The van der Waals surface area contributed by atoms with Gasteiger partial charge in [0.15, 0.2) is 0 Å². The van der Waals surface area contributed by atoms with Gasteiger partial charge in [-0.15, -0.1) is 0 Å². The minimum Gasteiger partial charge on any atom is -0.466 e. The third-order valence-electron chi connectivity index (χ3n) is 3.03. The lowest BCUT2D eigenvalue weighted by atomic mass is 10.1. The second kappa shape index (κ2) is 5.22. The largest absolute Gasteiger partial charge is 0.466 e. The summed E-state index contributed by atoms with van der Waals surface area (Å²) in [6.07, 6.45) is 0.0132. The number of rotatable bonds is 4. The molecule has 0 N–H and O–H groups in total. The van der Waals surface area contributed by atoms with Crippen molar-refractivity contribution in [1.29, 1.82) is 0 Å². The molecule has 2 rings (SSSR count). The number of esters is 1. The lowest BCUT2D eigenvalue weighted by Gasteiger charge is -2.21. The Morgan fingerprint density at radius 1 is 1.21 bits per heavy atom. The van der Waals surface area contributed by atoms with Crippen LogP contribution in [0.25, 0.3) is 0 Å². The van der Waals surface area contributed by atoms with Crippen molar-refractivity contribution in [3.63, 3.8) is 0 Å². The van der Waals surface area contributed by atoms with E-state index in [-0.39, 0.29) is 24.8 Å². The first kappa shape index (κ1) is 13.3. The number of nitrogens with zero attached hydrogens (tertiary/aromatic N) is 1. The normalized spacial score (nSPS) is 15.4. The number of amides is 2. The molecular weight excluding hydrogens is 246 g/mol. The number of benzene rings is 1. The van der Waals surface area contributed by atoms with Crippen molar-refractivity contribution in [1.82, 2.24) is 4.90 Å². The molecule has 5 heteroatoms. The molecule has 0 radical (unpaired) electrons. The molecule has 1 aliphatic heterocycles. The fourth-order valence-electron chi connectivity index (χ4n) is 2.16. The van der Waals surface area contributed by atoms with Crippen molar-refractivity contribution < 1.29 is 19.1 Å². The number of hydrogen-bond donors (Lipinski definition) is 0. The minimum absolute atomic E-state index is 0.0132. The molecule has 1 aromatic carbocycles. The first-order chi connectivity index (χ1) is 9.06. The minimum atomic E-state index is -0.508. The molecular formula is C14H15NO4. The number of carbonyl (C=O) groups excluding carboxylic acids is 3. The molecule has 1 aromatic rings. The molecule has 2 amide bonds. The Morgan fingerprint density at radius 2 is 1.74 bits per heavy atom. The zero-order chi connectivity index (χ0) is 14.0. The van der Waals surface area contributed by atoms with Crippen LogP contribution in [0.3, 0.4) is 0 Å². The summed E-state index contributed by atoms with van der Waals surface area (Å²) in [6, 6.07) is 6.15. The van der Waals surface area contributed by atoms with Gasteiger partial charge in [-0.05, 0) is 26.0 Å².